The monoisotopic (exact) mass is 281 g/mol. The summed E-state index contributed by atoms with van der Waals surface area (Å²) in [5.74, 6) is 0.905. The third kappa shape index (κ3) is 2.89. The molecule has 0 aliphatic heterocycles. The van der Waals surface area contributed by atoms with Crippen LogP contribution in [0.5, 0.6) is 5.75 Å². The average Bonchev–Trinajstić information content (AvgIpc) is 2.89. The summed E-state index contributed by atoms with van der Waals surface area (Å²) >= 11 is 1.68. The van der Waals surface area contributed by atoms with Crippen molar-refractivity contribution in [3.05, 3.63) is 59.1 Å². The second-order valence-corrected chi connectivity index (χ2v) is 5.42. The van der Waals surface area contributed by atoms with Crippen LogP contribution in [0.25, 0.3) is 22.4 Å². The van der Waals surface area contributed by atoms with Gasteiger partial charge in [-0.05, 0) is 36.8 Å². The standard InChI is InChI=1S/C17H15NOS/c1-2-19-14-9-10-15-16(12-14)20-17(18-15)11-8-13-6-4-3-5-7-13/h3-12H,2H2,1H3. The van der Waals surface area contributed by atoms with Gasteiger partial charge in [0.05, 0.1) is 16.8 Å². The third-order valence-electron chi connectivity index (χ3n) is 2.91. The highest BCUT2D eigenvalue weighted by molar-refractivity contribution is 7.19. The zero-order chi connectivity index (χ0) is 13.8. The number of aromatic nitrogens is 1. The summed E-state index contributed by atoms with van der Waals surface area (Å²) in [5.41, 5.74) is 2.20. The number of thiazole rings is 1. The van der Waals surface area contributed by atoms with Crippen LogP contribution in [0.3, 0.4) is 0 Å². The first kappa shape index (κ1) is 12.9. The molecule has 0 spiro atoms. The summed E-state index contributed by atoms with van der Waals surface area (Å²) in [5, 5.41) is 1.01. The Balaban J connectivity index is 1.87. The maximum Gasteiger partial charge on any atom is 0.120 e. The van der Waals surface area contributed by atoms with E-state index in [1.165, 1.54) is 5.56 Å². The molecule has 1 aromatic heterocycles. The molecule has 0 aliphatic carbocycles. The molecule has 0 atom stereocenters. The van der Waals surface area contributed by atoms with E-state index < -0.39 is 0 Å². The molecule has 0 unspecified atom stereocenters. The highest BCUT2D eigenvalue weighted by atomic mass is 32.1. The van der Waals surface area contributed by atoms with Gasteiger partial charge in [-0.3, -0.25) is 0 Å². The molecule has 2 aromatic carbocycles. The lowest BCUT2D eigenvalue weighted by Crippen LogP contribution is -1.89. The van der Waals surface area contributed by atoms with Crippen LogP contribution in [0.2, 0.25) is 0 Å². The molecule has 20 heavy (non-hydrogen) atoms. The van der Waals surface area contributed by atoms with Gasteiger partial charge in [-0.2, -0.15) is 0 Å². The number of ether oxygens (including phenoxy) is 1. The summed E-state index contributed by atoms with van der Waals surface area (Å²) in [6.45, 7) is 2.68. The molecule has 0 fully saturated rings. The van der Waals surface area contributed by atoms with E-state index in [0.29, 0.717) is 6.61 Å². The van der Waals surface area contributed by atoms with Crippen molar-refractivity contribution < 1.29 is 4.74 Å². The van der Waals surface area contributed by atoms with Crippen molar-refractivity contribution in [1.82, 2.24) is 4.98 Å². The highest BCUT2D eigenvalue weighted by Gasteiger charge is 2.03. The predicted molar refractivity (Wildman–Crippen MR) is 86.2 cm³/mol. The van der Waals surface area contributed by atoms with Gasteiger partial charge in [-0.25, -0.2) is 4.98 Å². The van der Waals surface area contributed by atoms with Gasteiger partial charge in [0, 0.05) is 0 Å². The van der Waals surface area contributed by atoms with Crippen LogP contribution < -0.4 is 4.74 Å². The first-order valence-corrected chi connectivity index (χ1v) is 7.43. The average molecular weight is 281 g/mol. The summed E-state index contributed by atoms with van der Waals surface area (Å²) in [6.07, 6.45) is 4.14. The normalized spacial score (nSPS) is 11.2. The first-order chi connectivity index (χ1) is 9.85. The fourth-order valence-corrected chi connectivity index (χ4v) is 2.88. The van der Waals surface area contributed by atoms with Crippen molar-refractivity contribution in [3.63, 3.8) is 0 Å². The second-order valence-electron chi connectivity index (χ2n) is 4.36. The smallest absolute Gasteiger partial charge is 0.120 e. The Labute approximate surface area is 122 Å². The van der Waals surface area contributed by atoms with E-state index in [1.807, 2.05) is 37.3 Å². The zero-order valence-corrected chi connectivity index (χ0v) is 12.1. The molecule has 0 radical (unpaired) electrons. The quantitative estimate of drug-likeness (QED) is 0.681. The molecule has 0 bridgehead atoms. The van der Waals surface area contributed by atoms with Gasteiger partial charge in [0.25, 0.3) is 0 Å². The molecule has 2 nitrogen and oxygen atoms in total. The van der Waals surface area contributed by atoms with Gasteiger partial charge in [0.1, 0.15) is 10.8 Å². The van der Waals surface area contributed by atoms with Crippen LogP contribution in [0.4, 0.5) is 0 Å². The van der Waals surface area contributed by atoms with Crippen LogP contribution in [-0.4, -0.2) is 11.6 Å². The lowest BCUT2D eigenvalue weighted by Gasteiger charge is -2.00. The Morgan fingerprint density at radius 1 is 1.10 bits per heavy atom. The number of nitrogens with zero attached hydrogens (tertiary/aromatic N) is 1. The van der Waals surface area contributed by atoms with E-state index in [9.17, 15) is 0 Å². The maximum absolute atomic E-state index is 5.51. The lowest BCUT2D eigenvalue weighted by atomic mass is 10.2. The van der Waals surface area contributed by atoms with E-state index in [4.69, 9.17) is 4.74 Å². The Morgan fingerprint density at radius 2 is 1.95 bits per heavy atom. The van der Waals surface area contributed by atoms with Crippen LogP contribution in [-0.2, 0) is 0 Å². The van der Waals surface area contributed by atoms with E-state index in [0.717, 1.165) is 21.0 Å². The number of benzene rings is 2. The summed E-state index contributed by atoms with van der Waals surface area (Å²) in [6, 6.07) is 16.3. The molecule has 0 saturated carbocycles. The highest BCUT2D eigenvalue weighted by Crippen LogP contribution is 2.27. The minimum atomic E-state index is 0.686. The molecule has 1 heterocycles. The Kier molecular flexibility index (Phi) is 3.79. The Morgan fingerprint density at radius 3 is 2.75 bits per heavy atom. The van der Waals surface area contributed by atoms with Crippen LogP contribution in [0.1, 0.15) is 17.5 Å². The topological polar surface area (TPSA) is 22.1 Å². The van der Waals surface area contributed by atoms with Crippen molar-refractivity contribution in [1.29, 1.82) is 0 Å². The van der Waals surface area contributed by atoms with Crippen molar-refractivity contribution in [3.8, 4) is 5.75 Å². The minimum Gasteiger partial charge on any atom is -0.494 e. The third-order valence-corrected chi connectivity index (χ3v) is 3.89. The number of rotatable bonds is 4. The molecular weight excluding hydrogens is 266 g/mol. The van der Waals surface area contributed by atoms with Crippen LogP contribution >= 0.6 is 11.3 Å². The number of fused-ring (bicyclic) bond motifs is 1. The van der Waals surface area contributed by atoms with Crippen molar-refractivity contribution in [2.24, 2.45) is 0 Å². The molecule has 100 valence electrons. The molecule has 0 N–H and O–H groups in total. The predicted octanol–water partition coefficient (Wildman–Crippen LogP) is 4.87. The largest absolute Gasteiger partial charge is 0.494 e. The van der Waals surface area contributed by atoms with E-state index in [-0.39, 0.29) is 0 Å². The molecule has 3 heteroatoms. The van der Waals surface area contributed by atoms with Crippen LogP contribution in [0, 0.1) is 0 Å². The number of hydrogen-bond acceptors (Lipinski definition) is 3. The van der Waals surface area contributed by atoms with Crippen molar-refractivity contribution in [2.45, 2.75) is 6.92 Å². The minimum absolute atomic E-state index is 0.686. The fourth-order valence-electron chi connectivity index (χ4n) is 1.98. The van der Waals surface area contributed by atoms with E-state index in [2.05, 4.69) is 35.3 Å². The van der Waals surface area contributed by atoms with E-state index in [1.54, 1.807) is 11.3 Å². The Bertz CT molecular complexity index is 731. The van der Waals surface area contributed by atoms with Gasteiger partial charge >= 0.3 is 0 Å². The van der Waals surface area contributed by atoms with Crippen molar-refractivity contribution in [2.75, 3.05) is 6.61 Å². The second kappa shape index (κ2) is 5.88. The maximum atomic E-state index is 5.51. The summed E-state index contributed by atoms with van der Waals surface area (Å²) < 4.78 is 6.67. The molecule has 0 aliphatic rings. The molecule has 3 rings (SSSR count). The fraction of sp³-hybridized carbons (Fsp3) is 0.118. The molecule has 0 saturated heterocycles. The number of hydrogen-bond donors (Lipinski definition) is 0. The van der Waals surface area contributed by atoms with Gasteiger partial charge in [0.15, 0.2) is 0 Å². The van der Waals surface area contributed by atoms with Gasteiger partial charge in [-0.15, -0.1) is 11.3 Å². The molecule has 0 amide bonds. The van der Waals surface area contributed by atoms with Gasteiger partial charge < -0.3 is 4.74 Å². The summed E-state index contributed by atoms with van der Waals surface area (Å²) in [7, 11) is 0. The molecular formula is C17H15NOS. The van der Waals surface area contributed by atoms with Crippen molar-refractivity contribution >= 4 is 33.7 Å². The van der Waals surface area contributed by atoms with Crippen LogP contribution in [0.15, 0.2) is 48.5 Å². The SMILES string of the molecule is CCOc1ccc2nc(C=Cc3ccccc3)sc2c1. The molecule has 3 aromatic rings. The lowest BCUT2D eigenvalue weighted by molar-refractivity contribution is 0.341. The van der Waals surface area contributed by atoms with Gasteiger partial charge in [0.2, 0.25) is 0 Å². The first-order valence-electron chi connectivity index (χ1n) is 6.61. The summed E-state index contributed by atoms with van der Waals surface area (Å²) in [4.78, 5) is 4.61. The van der Waals surface area contributed by atoms with Gasteiger partial charge in [-0.1, -0.05) is 36.4 Å². The zero-order valence-electron chi connectivity index (χ0n) is 11.2. The van der Waals surface area contributed by atoms with E-state index >= 15 is 0 Å². The Hall–Kier alpha value is -2.13.